The molecule has 7 N–H and O–H groups in total. The average Bonchev–Trinajstić information content (AvgIpc) is 3.07. The van der Waals surface area contributed by atoms with Gasteiger partial charge in [0.25, 0.3) is 6.54 Å². The Bertz CT molecular complexity index is 1370. The molecule has 0 saturated carbocycles. The molecule has 1 atom stereocenters. The zero-order chi connectivity index (χ0) is 41.4. The fourth-order valence-corrected chi connectivity index (χ4v) is 4.13. The maximum atomic E-state index is 11.9. The number of benzene rings is 2. The highest BCUT2D eigenvalue weighted by Gasteiger charge is 2.16. The Morgan fingerprint density at radius 2 is 1.44 bits per heavy atom. The first-order chi connectivity index (χ1) is 25.5. The summed E-state index contributed by atoms with van der Waals surface area (Å²) in [6.45, 7) is 9.59. The van der Waals surface area contributed by atoms with E-state index in [0.717, 1.165) is 36.1 Å². The Labute approximate surface area is 317 Å². The summed E-state index contributed by atoms with van der Waals surface area (Å²) in [5, 5.41) is 18.9. The van der Waals surface area contributed by atoms with Crippen LogP contribution in [0.5, 0.6) is 0 Å². The molecule has 302 valence electrons. The molecule has 54 heavy (non-hydrogen) atoms. The van der Waals surface area contributed by atoms with Crippen molar-refractivity contribution in [1.29, 1.82) is 0 Å². The van der Waals surface area contributed by atoms with E-state index >= 15 is 0 Å². The van der Waals surface area contributed by atoms with Crippen LogP contribution < -0.4 is 27.0 Å². The van der Waals surface area contributed by atoms with Gasteiger partial charge in [-0.2, -0.15) is 4.39 Å². The predicted molar refractivity (Wildman–Crippen MR) is 203 cm³/mol. The van der Waals surface area contributed by atoms with Gasteiger partial charge in [0, 0.05) is 51.1 Å². The Morgan fingerprint density at radius 3 is 1.94 bits per heavy atom. The number of primary amides is 1. The zero-order valence-electron chi connectivity index (χ0n) is 32.2. The largest absolute Gasteiger partial charge is 0.481 e. The van der Waals surface area contributed by atoms with Gasteiger partial charge in [-0.05, 0) is 77.1 Å². The smallest absolute Gasteiger partial charge is 0.407 e. The van der Waals surface area contributed by atoms with Crippen LogP contribution in [-0.2, 0) is 51.3 Å². The van der Waals surface area contributed by atoms with Gasteiger partial charge in [0.15, 0.2) is 0 Å². The number of carboxylic acids is 1. The quantitative estimate of drug-likeness (QED) is 0.0661. The molecule has 0 aliphatic carbocycles. The van der Waals surface area contributed by atoms with Crippen LogP contribution in [0.25, 0.3) is 0 Å². The first-order valence-electron chi connectivity index (χ1n) is 17.4. The molecule has 0 spiro atoms. The summed E-state index contributed by atoms with van der Waals surface area (Å²) in [7, 11) is 1.65. The molecule has 2 aromatic rings. The normalized spacial score (nSPS) is 10.6. The topological polar surface area (TPSA) is 232 Å². The second kappa shape index (κ2) is 31.2. The Kier molecular flexibility index (Phi) is 29.3. The number of nitrogens with two attached hydrogens (primary N) is 1. The summed E-state index contributed by atoms with van der Waals surface area (Å²) in [5.74, 6) is -1.46. The molecule has 15 nitrogen and oxygen atoms in total. The van der Waals surface area contributed by atoms with E-state index in [9.17, 15) is 33.2 Å². The molecule has 2 rings (SSSR count). The summed E-state index contributed by atoms with van der Waals surface area (Å²) in [6.07, 6.45) is 4.21. The minimum Gasteiger partial charge on any atom is -0.481 e. The molecule has 0 heterocycles. The van der Waals surface area contributed by atoms with Crippen LogP contribution in [0.3, 0.4) is 0 Å². The number of methoxy groups -OCH3 is 1. The number of halogens is 1. The summed E-state index contributed by atoms with van der Waals surface area (Å²) >= 11 is 0. The van der Waals surface area contributed by atoms with Crippen molar-refractivity contribution in [2.75, 3.05) is 19.0 Å². The molecule has 0 bridgehead atoms. The number of anilines is 1. The lowest BCUT2D eigenvalue weighted by Crippen LogP contribution is -2.42. The van der Waals surface area contributed by atoms with Crippen LogP contribution in [0.2, 0.25) is 0 Å². The third-order valence-corrected chi connectivity index (χ3v) is 6.44. The van der Waals surface area contributed by atoms with Gasteiger partial charge in [0.2, 0.25) is 24.1 Å². The fraction of sp³-hybridized carbons (Fsp3) is 0.500. The summed E-state index contributed by atoms with van der Waals surface area (Å²) < 4.78 is 19.8. The van der Waals surface area contributed by atoms with Crippen LogP contribution in [0.4, 0.5) is 14.9 Å². The molecular weight excluding hydrogens is 705 g/mol. The number of rotatable bonds is 19. The van der Waals surface area contributed by atoms with E-state index in [2.05, 4.69) is 21.3 Å². The number of hydrogen-bond acceptors (Lipinski definition) is 9. The van der Waals surface area contributed by atoms with Crippen molar-refractivity contribution in [3.63, 3.8) is 0 Å². The number of carboxylic acid groups (broad SMARTS) is 1. The highest BCUT2D eigenvalue weighted by molar-refractivity contribution is 5.90. The first-order valence-corrected chi connectivity index (χ1v) is 17.4. The highest BCUT2D eigenvalue weighted by Crippen LogP contribution is 2.12. The molecule has 0 aromatic heterocycles. The molecule has 16 heteroatoms. The molecule has 2 aromatic carbocycles. The number of nitrogens with one attached hydrogen (secondary N) is 4. The second-order valence-electron chi connectivity index (χ2n) is 12.9. The highest BCUT2D eigenvalue weighted by atomic mass is 19.1. The Morgan fingerprint density at radius 1 is 0.852 bits per heavy atom. The van der Waals surface area contributed by atoms with Crippen LogP contribution in [0.1, 0.15) is 90.7 Å². The van der Waals surface area contributed by atoms with Gasteiger partial charge >= 0.3 is 12.1 Å². The molecule has 0 aliphatic rings. The first kappa shape index (κ1) is 50.7. The van der Waals surface area contributed by atoms with Gasteiger partial charge in [-0.3, -0.25) is 28.8 Å². The SMILES string of the molecule is CC(C)NC(=O)CCCC(=O)O.COCc1ccc(NC(=O)CCCCCNC(=O)OC(C)(C)C)cc1.NC(=O)C(Cc1ccccc1)NC=O.O=CF. The van der Waals surface area contributed by atoms with Crippen LogP contribution in [0, 0.1) is 0 Å². The zero-order valence-corrected chi connectivity index (χ0v) is 32.2. The lowest BCUT2D eigenvalue weighted by Gasteiger charge is -2.19. The van der Waals surface area contributed by atoms with E-state index in [0.29, 0.717) is 45.2 Å². The van der Waals surface area contributed by atoms with E-state index in [1.54, 1.807) is 7.11 Å². The maximum absolute atomic E-state index is 11.9. The average molecular weight is 764 g/mol. The molecule has 5 amide bonds. The van der Waals surface area contributed by atoms with Crippen molar-refractivity contribution in [2.24, 2.45) is 5.73 Å². The van der Waals surface area contributed by atoms with Crippen molar-refractivity contribution in [1.82, 2.24) is 16.0 Å². The lowest BCUT2D eigenvalue weighted by atomic mass is 10.1. The standard InChI is InChI=1S/C19H30N2O4.C10H12N2O2.C8H15NO3.CHFO/c1-19(2,3)25-18(23)20-13-7-5-6-8-17(22)21-16-11-9-15(10-12-16)14-24-4;11-10(14)9(12-7-13)6-8-4-2-1-3-5-8;1-6(2)9-7(10)4-3-5-8(11)12;2-1-3/h9-12H,5-8,13-14H2,1-4H3,(H,20,23)(H,21,22);1-5,7,9H,6H2,(H2,11,14)(H,12,13);6H,3-5H2,1-2H3,(H,9,10)(H,11,12);1H. The van der Waals surface area contributed by atoms with E-state index in [-0.39, 0.29) is 24.3 Å². The number of unbranched alkanes of at least 4 members (excludes halogenated alkanes) is 2. The van der Waals surface area contributed by atoms with E-state index in [4.69, 9.17) is 25.1 Å². The number of carbonyl (C=O) groups is 7. The van der Waals surface area contributed by atoms with Crippen LogP contribution in [0.15, 0.2) is 54.6 Å². The van der Waals surface area contributed by atoms with Crippen molar-refractivity contribution in [3.05, 3.63) is 65.7 Å². The van der Waals surface area contributed by atoms with Crippen LogP contribution >= 0.6 is 0 Å². The molecule has 0 saturated heterocycles. The maximum Gasteiger partial charge on any atom is 0.407 e. The minimum atomic E-state index is -0.854. The van der Waals surface area contributed by atoms with Gasteiger partial charge in [-0.15, -0.1) is 0 Å². The summed E-state index contributed by atoms with van der Waals surface area (Å²) in [4.78, 5) is 73.6. The Hall–Kier alpha value is -5.38. The third-order valence-electron chi connectivity index (χ3n) is 6.44. The van der Waals surface area contributed by atoms with Gasteiger partial charge in [-0.25, -0.2) is 4.79 Å². The van der Waals surface area contributed by atoms with Gasteiger partial charge in [0.1, 0.15) is 11.6 Å². The van der Waals surface area contributed by atoms with Crippen LogP contribution in [-0.4, -0.2) is 79.2 Å². The number of aliphatic carboxylic acids is 1. The fourth-order valence-electron chi connectivity index (χ4n) is 4.13. The van der Waals surface area contributed by atoms with E-state index in [1.165, 1.54) is 0 Å². The van der Waals surface area contributed by atoms with Gasteiger partial charge < -0.3 is 41.6 Å². The number of alkyl carbamates (subject to hydrolysis) is 1. The number of ether oxygens (including phenoxy) is 2. The second-order valence-corrected chi connectivity index (χ2v) is 12.9. The third kappa shape index (κ3) is 32.5. The van der Waals surface area contributed by atoms with Gasteiger partial charge in [0.05, 0.1) is 6.61 Å². The van der Waals surface area contributed by atoms with Crippen molar-refractivity contribution >= 4 is 48.4 Å². The summed E-state index contributed by atoms with van der Waals surface area (Å²) in [5.41, 5.74) is 7.45. The summed E-state index contributed by atoms with van der Waals surface area (Å²) in [6, 6.07) is 16.5. The molecule has 0 radical (unpaired) electrons. The molecule has 1 unspecified atom stereocenters. The predicted octanol–water partition coefficient (Wildman–Crippen LogP) is 4.60. The number of carbonyl (C=O) groups excluding carboxylic acids is 6. The number of hydrogen-bond donors (Lipinski definition) is 6. The van der Waals surface area contributed by atoms with Crippen molar-refractivity contribution in [3.8, 4) is 0 Å². The molecule has 0 aliphatic heterocycles. The molecular formula is C38H58FN5O10. The monoisotopic (exact) mass is 763 g/mol. The van der Waals surface area contributed by atoms with Crippen molar-refractivity contribution < 1.29 is 52.5 Å². The number of amides is 5. The van der Waals surface area contributed by atoms with Crippen molar-refractivity contribution in [2.45, 2.75) is 110 Å². The van der Waals surface area contributed by atoms with Gasteiger partial charge in [-0.1, -0.05) is 48.9 Å². The minimum absolute atomic E-state index is 0.000377. The molecule has 0 fully saturated rings. The Balaban J connectivity index is 0. The lowest BCUT2D eigenvalue weighted by molar-refractivity contribution is -0.137. The van der Waals surface area contributed by atoms with E-state index < -0.39 is 36.2 Å². The van der Waals surface area contributed by atoms with E-state index in [1.807, 2.05) is 89.2 Å².